The molecular formula is C30H34ClN5O7S. The predicted molar refractivity (Wildman–Crippen MR) is 167 cm³/mol. The average molecular weight is 644 g/mol. The maximum atomic E-state index is 13.7. The number of nitrogens with zero attached hydrogens (tertiary/aromatic N) is 5. The number of benzene rings is 2. The smallest absolute Gasteiger partial charge is 0.316 e. The molecule has 44 heavy (non-hydrogen) atoms. The summed E-state index contributed by atoms with van der Waals surface area (Å²) in [5.74, 6) is -0.262. The molecule has 0 bridgehead atoms. The van der Waals surface area contributed by atoms with Crippen molar-refractivity contribution in [1.29, 1.82) is 0 Å². The molecule has 0 atom stereocenters. The van der Waals surface area contributed by atoms with Crippen molar-refractivity contribution in [3.8, 4) is 11.4 Å². The maximum Gasteiger partial charge on any atom is 0.316 e. The summed E-state index contributed by atoms with van der Waals surface area (Å²) in [6.07, 6.45) is 5.93. The van der Waals surface area contributed by atoms with Crippen LogP contribution in [0.1, 0.15) is 30.4 Å². The molecule has 0 radical (unpaired) electrons. The summed E-state index contributed by atoms with van der Waals surface area (Å²) in [7, 11) is -3.80. The van der Waals surface area contributed by atoms with E-state index in [0.717, 1.165) is 12.8 Å². The fourth-order valence-corrected chi connectivity index (χ4v) is 6.91. The lowest BCUT2D eigenvalue weighted by Crippen LogP contribution is -2.49. The number of rotatable bonds is 13. The summed E-state index contributed by atoms with van der Waals surface area (Å²) < 4.78 is 35.4. The second kappa shape index (κ2) is 13.1. The largest absolute Gasteiger partial charge is 0.485 e. The lowest BCUT2D eigenvalue weighted by atomic mass is 10.1. The number of anilines is 1. The molecular weight excluding hydrogens is 610 g/mol. The van der Waals surface area contributed by atoms with E-state index in [9.17, 15) is 23.3 Å². The summed E-state index contributed by atoms with van der Waals surface area (Å²) in [5, 5.41) is 25.5. The van der Waals surface area contributed by atoms with Gasteiger partial charge >= 0.3 is 5.56 Å². The van der Waals surface area contributed by atoms with E-state index in [1.165, 1.54) is 15.1 Å². The topological polar surface area (TPSA) is 148 Å². The number of sulfonamides is 1. The van der Waals surface area contributed by atoms with Crippen molar-refractivity contribution in [2.45, 2.75) is 31.4 Å². The molecule has 2 aliphatic rings. The van der Waals surface area contributed by atoms with Crippen LogP contribution in [0.25, 0.3) is 5.69 Å². The molecule has 0 unspecified atom stereocenters. The molecule has 234 valence electrons. The van der Waals surface area contributed by atoms with Crippen molar-refractivity contribution in [3.05, 3.63) is 97.9 Å². The van der Waals surface area contributed by atoms with Crippen molar-refractivity contribution in [2.24, 2.45) is 5.41 Å². The van der Waals surface area contributed by atoms with E-state index in [0.29, 0.717) is 40.4 Å². The van der Waals surface area contributed by atoms with E-state index in [2.05, 4.69) is 11.7 Å². The van der Waals surface area contributed by atoms with Crippen LogP contribution in [0.4, 0.5) is 11.4 Å². The van der Waals surface area contributed by atoms with Crippen LogP contribution in [-0.2, 0) is 22.2 Å². The molecule has 2 heterocycles. The molecule has 1 N–H and O–H groups in total. The van der Waals surface area contributed by atoms with E-state index in [4.69, 9.17) is 21.4 Å². The number of halogens is 1. The van der Waals surface area contributed by atoms with Gasteiger partial charge in [0.1, 0.15) is 5.69 Å². The molecule has 1 aromatic heterocycles. The Bertz CT molecular complexity index is 1720. The van der Waals surface area contributed by atoms with Gasteiger partial charge in [0.15, 0.2) is 0 Å². The van der Waals surface area contributed by atoms with Crippen molar-refractivity contribution >= 4 is 33.0 Å². The van der Waals surface area contributed by atoms with Crippen LogP contribution in [0.15, 0.2) is 66.1 Å². The molecule has 14 heteroatoms. The third kappa shape index (κ3) is 6.96. The summed E-state index contributed by atoms with van der Waals surface area (Å²) in [4.78, 5) is 26.6. The van der Waals surface area contributed by atoms with Crippen molar-refractivity contribution < 1.29 is 23.2 Å². The molecule has 1 saturated heterocycles. The summed E-state index contributed by atoms with van der Waals surface area (Å²) >= 11 is 6.15. The lowest BCUT2D eigenvalue weighted by Gasteiger charge is -2.35. The Labute approximate surface area is 260 Å². The summed E-state index contributed by atoms with van der Waals surface area (Å²) in [6.45, 7) is 4.95. The number of ether oxygens (including phenoxy) is 1. The first-order valence-electron chi connectivity index (χ1n) is 14.3. The number of nitro groups is 1. The Morgan fingerprint density at radius 3 is 2.55 bits per heavy atom. The second-order valence-electron chi connectivity index (χ2n) is 11.1. The monoisotopic (exact) mass is 643 g/mol. The molecule has 5 rings (SSSR count). The second-order valence-corrected chi connectivity index (χ2v) is 13.5. The Morgan fingerprint density at radius 2 is 1.91 bits per heavy atom. The Balaban J connectivity index is 1.34. The highest BCUT2D eigenvalue weighted by molar-refractivity contribution is 7.88. The first-order valence-corrected chi connectivity index (χ1v) is 16.3. The SMILES string of the molecule is C=CC1(COc2c(N3CCN(S(=O)(=O)Cc4ccc(CCCO)c([N+](=O)[O-])c4)CC3)cnn(-c3cccc(Cl)c3)c2=O)CC1. The van der Waals surface area contributed by atoms with Crippen LogP contribution in [0.3, 0.4) is 0 Å². The average Bonchev–Trinajstić information content (AvgIpc) is 3.80. The summed E-state index contributed by atoms with van der Waals surface area (Å²) in [6, 6.07) is 11.2. The number of aromatic nitrogens is 2. The Kier molecular flexibility index (Phi) is 9.39. The maximum absolute atomic E-state index is 13.7. The first kappa shape index (κ1) is 31.6. The third-order valence-corrected chi connectivity index (χ3v) is 10.2. The van der Waals surface area contributed by atoms with Crippen LogP contribution in [0, 0.1) is 15.5 Å². The van der Waals surface area contributed by atoms with Gasteiger partial charge in [-0.3, -0.25) is 14.9 Å². The van der Waals surface area contributed by atoms with E-state index in [-0.39, 0.29) is 62.0 Å². The molecule has 1 aliphatic carbocycles. The number of piperazine rings is 1. The highest BCUT2D eigenvalue weighted by Gasteiger charge is 2.41. The molecule has 1 saturated carbocycles. The number of nitro benzene ring substituents is 1. The number of aliphatic hydroxyl groups excluding tert-OH is 1. The minimum Gasteiger partial charge on any atom is -0.485 e. The number of aryl methyl sites for hydroxylation is 1. The van der Waals surface area contributed by atoms with Gasteiger partial charge in [0.25, 0.3) is 5.69 Å². The van der Waals surface area contributed by atoms with Gasteiger partial charge in [-0.05, 0) is 49.4 Å². The van der Waals surface area contributed by atoms with E-state index < -0.39 is 20.5 Å². The standard InChI is InChI=1S/C30H34ClN5O7S/c1-2-30(10-11-30)21-43-28-27(19-32-35(29(28)38)25-7-3-6-24(31)18-25)33-12-14-34(15-13-33)44(41,42)20-22-8-9-23(5-4-16-37)26(17-22)36(39)40/h2-3,6-9,17-19,37H,1,4-5,10-16,20-21H2. The van der Waals surface area contributed by atoms with Crippen LogP contribution in [0.5, 0.6) is 5.75 Å². The fourth-order valence-electron chi connectivity index (χ4n) is 5.22. The van der Waals surface area contributed by atoms with Crippen molar-refractivity contribution in [3.63, 3.8) is 0 Å². The number of hydrogen-bond donors (Lipinski definition) is 1. The third-order valence-electron chi connectivity index (χ3n) is 8.07. The van der Waals surface area contributed by atoms with E-state index in [1.807, 2.05) is 11.0 Å². The molecule has 0 amide bonds. The van der Waals surface area contributed by atoms with Gasteiger partial charge in [-0.2, -0.15) is 14.1 Å². The minimum atomic E-state index is -3.80. The predicted octanol–water partition coefficient (Wildman–Crippen LogP) is 3.72. The number of hydrogen-bond acceptors (Lipinski definition) is 9. The number of aliphatic hydroxyl groups is 1. The zero-order valence-electron chi connectivity index (χ0n) is 24.1. The van der Waals surface area contributed by atoms with Gasteiger partial charge in [0, 0.05) is 54.9 Å². The Hall–Kier alpha value is -3.78. The summed E-state index contributed by atoms with van der Waals surface area (Å²) in [5.41, 5.74) is 0.931. The molecule has 3 aromatic rings. The quantitative estimate of drug-likeness (QED) is 0.167. The highest BCUT2D eigenvalue weighted by atomic mass is 35.5. The van der Waals surface area contributed by atoms with Gasteiger partial charge < -0.3 is 14.7 Å². The van der Waals surface area contributed by atoms with Gasteiger partial charge in [-0.1, -0.05) is 35.9 Å². The normalized spacial score (nSPS) is 16.5. The van der Waals surface area contributed by atoms with Gasteiger partial charge in [-0.25, -0.2) is 8.42 Å². The lowest BCUT2D eigenvalue weighted by molar-refractivity contribution is -0.385. The highest BCUT2D eigenvalue weighted by Crippen LogP contribution is 2.47. The zero-order chi connectivity index (χ0) is 31.5. The molecule has 2 fully saturated rings. The van der Waals surface area contributed by atoms with Gasteiger partial charge in [0.2, 0.25) is 15.8 Å². The van der Waals surface area contributed by atoms with E-state index in [1.54, 1.807) is 42.6 Å². The molecule has 1 aliphatic heterocycles. The van der Waals surface area contributed by atoms with Gasteiger partial charge in [0.05, 0.1) is 29.2 Å². The zero-order valence-corrected chi connectivity index (χ0v) is 25.7. The molecule has 0 spiro atoms. The van der Waals surface area contributed by atoms with Crippen LogP contribution >= 0.6 is 11.6 Å². The van der Waals surface area contributed by atoms with Gasteiger partial charge in [-0.15, -0.1) is 6.58 Å². The van der Waals surface area contributed by atoms with Crippen LogP contribution in [0.2, 0.25) is 5.02 Å². The molecule has 2 aromatic carbocycles. The van der Waals surface area contributed by atoms with Crippen LogP contribution < -0.4 is 15.2 Å². The fraction of sp³-hybridized carbons (Fsp3) is 0.400. The first-order chi connectivity index (χ1) is 21.1. The minimum absolute atomic E-state index is 0.0977. The Morgan fingerprint density at radius 1 is 1.16 bits per heavy atom. The van der Waals surface area contributed by atoms with E-state index >= 15 is 0 Å². The van der Waals surface area contributed by atoms with Crippen molar-refractivity contribution in [1.82, 2.24) is 14.1 Å². The van der Waals surface area contributed by atoms with Crippen LogP contribution in [-0.4, -0.2) is 71.9 Å². The van der Waals surface area contributed by atoms with Crippen molar-refractivity contribution in [2.75, 3.05) is 44.3 Å². The molecule has 12 nitrogen and oxygen atoms in total.